The third kappa shape index (κ3) is 10.8. The van der Waals surface area contributed by atoms with Crippen molar-refractivity contribution in [3.63, 3.8) is 0 Å². The van der Waals surface area contributed by atoms with Crippen molar-refractivity contribution in [2.24, 2.45) is 0 Å². The van der Waals surface area contributed by atoms with Crippen LogP contribution in [-0.2, 0) is 4.79 Å². The Labute approximate surface area is 68.2 Å². The van der Waals surface area contributed by atoms with Crippen LogP contribution in [0.2, 0.25) is 0 Å². The molecule has 0 aromatic carbocycles. The molecule has 0 radical (unpaired) electrons. The molecule has 0 fully saturated rings. The van der Waals surface area contributed by atoms with E-state index in [0.29, 0.717) is 0 Å². The maximum atomic E-state index is 9.56. The fraction of sp³-hybridized carbons (Fsp3) is 0.800. The van der Waals surface area contributed by atoms with Crippen LogP contribution >= 0.6 is 0 Å². The standard InChI is InChI=1S/C5H10O.U/c1-2-3-4-5-6;/h5H,2-4H2,1H3;. The van der Waals surface area contributed by atoms with Crippen LogP contribution in [0.5, 0.6) is 0 Å². The summed E-state index contributed by atoms with van der Waals surface area (Å²) < 4.78 is 0. The summed E-state index contributed by atoms with van der Waals surface area (Å²) in [5.41, 5.74) is 0. The van der Waals surface area contributed by atoms with Gasteiger partial charge >= 0.3 is 0 Å². The van der Waals surface area contributed by atoms with E-state index in [1.165, 1.54) is 0 Å². The van der Waals surface area contributed by atoms with Gasteiger partial charge in [-0.1, -0.05) is 13.3 Å². The van der Waals surface area contributed by atoms with Gasteiger partial charge in [0.2, 0.25) is 0 Å². The van der Waals surface area contributed by atoms with E-state index in [9.17, 15) is 4.79 Å². The van der Waals surface area contributed by atoms with Crippen molar-refractivity contribution in [2.45, 2.75) is 26.2 Å². The minimum absolute atomic E-state index is 0. The second-order valence-electron chi connectivity index (χ2n) is 1.31. The molecule has 2 heteroatoms. The number of rotatable bonds is 3. The quantitative estimate of drug-likeness (QED) is 0.566. The van der Waals surface area contributed by atoms with E-state index in [-0.39, 0.29) is 31.1 Å². The Bertz CT molecular complexity index is 37.1. The fourth-order valence-electron chi connectivity index (χ4n) is 0.287. The molecule has 0 rings (SSSR count). The van der Waals surface area contributed by atoms with E-state index < -0.39 is 0 Å². The van der Waals surface area contributed by atoms with Crippen molar-refractivity contribution in [3.05, 3.63) is 0 Å². The molecular weight excluding hydrogens is 314 g/mol. The summed E-state index contributed by atoms with van der Waals surface area (Å²) in [6.07, 6.45) is 3.86. The van der Waals surface area contributed by atoms with Gasteiger partial charge in [-0.05, 0) is 6.42 Å². The Morgan fingerprint density at radius 2 is 2.14 bits per heavy atom. The number of hydrogen-bond donors (Lipinski definition) is 0. The maximum absolute atomic E-state index is 9.56. The van der Waals surface area contributed by atoms with Gasteiger partial charge in [-0.2, -0.15) is 0 Å². The topological polar surface area (TPSA) is 17.1 Å². The SMILES string of the molecule is CCCCC=O.[U]. The van der Waals surface area contributed by atoms with E-state index in [0.717, 1.165) is 25.5 Å². The molecule has 0 bridgehead atoms. The molecule has 0 aromatic heterocycles. The van der Waals surface area contributed by atoms with Gasteiger partial charge in [0.05, 0.1) is 0 Å². The molecule has 0 aliphatic heterocycles. The van der Waals surface area contributed by atoms with E-state index in [2.05, 4.69) is 6.92 Å². The molecule has 0 saturated heterocycles. The second kappa shape index (κ2) is 9.87. The third-order valence-electron chi connectivity index (χ3n) is 0.676. The molecule has 0 atom stereocenters. The molecule has 0 amide bonds. The predicted octanol–water partition coefficient (Wildman–Crippen LogP) is 1.38. The predicted molar refractivity (Wildman–Crippen MR) is 25.6 cm³/mol. The van der Waals surface area contributed by atoms with E-state index >= 15 is 0 Å². The molecule has 7 heavy (non-hydrogen) atoms. The molecule has 0 aliphatic rings. The largest absolute Gasteiger partial charge is 0.303 e. The van der Waals surface area contributed by atoms with Crippen molar-refractivity contribution in [3.8, 4) is 0 Å². The van der Waals surface area contributed by atoms with Crippen LogP contribution in [0.4, 0.5) is 0 Å². The second-order valence-corrected chi connectivity index (χ2v) is 1.31. The Balaban J connectivity index is 0. The van der Waals surface area contributed by atoms with Gasteiger partial charge in [0.15, 0.2) is 0 Å². The van der Waals surface area contributed by atoms with Crippen LogP contribution in [-0.4, -0.2) is 6.29 Å². The van der Waals surface area contributed by atoms with E-state index in [1.807, 2.05) is 0 Å². The van der Waals surface area contributed by atoms with Crippen LogP contribution in [0.3, 0.4) is 0 Å². The summed E-state index contributed by atoms with van der Waals surface area (Å²) in [7, 11) is 0. The van der Waals surface area contributed by atoms with Gasteiger partial charge < -0.3 is 4.79 Å². The first-order valence-electron chi connectivity index (χ1n) is 2.35. The van der Waals surface area contributed by atoms with Crippen molar-refractivity contribution >= 4 is 6.29 Å². The molecule has 0 spiro atoms. The van der Waals surface area contributed by atoms with Gasteiger partial charge in [0, 0.05) is 37.5 Å². The summed E-state index contributed by atoms with van der Waals surface area (Å²) in [5.74, 6) is 0. The van der Waals surface area contributed by atoms with Gasteiger partial charge in [-0.25, -0.2) is 0 Å². The summed E-state index contributed by atoms with van der Waals surface area (Å²) in [6, 6.07) is 0. The van der Waals surface area contributed by atoms with Gasteiger partial charge in [-0.15, -0.1) is 0 Å². The number of aldehydes is 1. The summed E-state index contributed by atoms with van der Waals surface area (Å²) in [5, 5.41) is 0. The fourth-order valence-corrected chi connectivity index (χ4v) is 0.287. The first kappa shape index (κ1) is 10.7. The van der Waals surface area contributed by atoms with Gasteiger partial charge in [0.25, 0.3) is 0 Å². The molecule has 1 nitrogen and oxygen atoms in total. The van der Waals surface area contributed by atoms with Crippen molar-refractivity contribution in [1.82, 2.24) is 0 Å². The molecule has 0 aromatic rings. The minimum atomic E-state index is 0. The molecular formula is C5H10OU. The Morgan fingerprint density at radius 1 is 1.57 bits per heavy atom. The monoisotopic (exact) mass is 324 g/mol. The molecule has 0 aliphatic carbocycles. The average Bonchev–Trinajstić information content (AvgIpc) is 1.61. The summed E-state index contributed by atoms with van der Waals surface area (Å²) in [4.78, 5) is 9.56. The average molecular weight is 324 g/mol. The number of hydrogen-bond acceptors (Lipinski definition) is 1. The van der Waals surface area contributed by atoms with E-state index in [4.69, 9.17) is 0 Å². The Kier molecular flexibility index (Phi) is 15.0. The molecule has 0 unspecified atom stereocenters. The van der Waals surface area contributed by atoms with E-state index in [1.54, 1.807) is 0 Å². The van der Waals surface area contributed by atoms with Crippen LogP contribution in [0, 0.1) is 31.1 Å². The van der Waals surface area contributed by atoms with Crippen molar-refractivity contribution in [1.29, 1.82) is 0 Å². The maximum Gasteiger partial charge on any atom is 0.119 e. The number of carbonyl (C=O) groups excluding carboxylic acids is 1. The molecule has 0 saturated carbocycles. The molecule has 0 heterocycles. The first-order chi connectivity index (χ1) is 2.91. The minimum Gasteiger partial charge on any atom is -0.303 e. The van der Waals surface area contributed by atoms with Crippen molar-refractivity contribution < 1.29 is 35.9 Å². The van der Waals surface area contributed by atoms with Gasteiger partial charge in [0.1, 0.15) is 6.29 Å². The number of unbranched alkanes of at least 4 members (excludes halogenated alkanes) is 2. The molecule has 0 N–H and O–H groups in total. The summed E-state index contributed by atoms with van der Waals surface area (Å²) >= 11 is 0. The van der Waals surface area contributed by atoms with Gasteiger partial charge in [-0.3, -0.25) is 0 Å². The Morgan fingerprint density at radius 3 is 2.29 bits per heavy atom. The zero-order chi connectivity index (χ0) is 4.83. The smallest absolute Gasteiger partial charge is 0.119 e. The Hall–Kier alpha value is 0.722. The zero-order valence-electron chi connectivity index (χ0n) is 4.61. The van der Waals surface area contributed by atoms with Crippen molar-refractivity contribution in [2.75, 3.05) is 0 Å². The normalized spacial score (nSPS) is 7.00. The first-order valence-corrected chi connectivity index (χ1v) is 2.35. The van der Waals surface area contributed by atoms with Crippen LogP contribution in [0.15, 0.2) is 0 Å². The van der Waals surface area contributed by atoms with Crippen LogP contribution < -0.4 is 0 Å². The summed E-state index contributed by atoms with van der Waals surface area (Å²) in [6.45, 7) is 2.07. The zero-order valence-corrected chi connectivity index (χ0v) is 8.77. The number of carbonyl (C=O) groups is 1. The van der Waals surface area contributed by atoms with Crippen LogP contribution in [0.1, 0.15) is 26.2 Å². The molecule has 40 valence electrons. The van der Waals surface area contributed by atoms with Crippen LogP contribution in [0.25, 0.3) is 0 Å². The third-order valence-corrected chi connectivity index (χ3v) is 0.676.